The molecule has 0 aliphatic rings. The van der Waals surface area contributed by atoms with Crippen molar-refractivity contribution < 1.29 is 4.79 Å². The van der Waals surface area contributed by atoms with Gasteiger partial charge in [0.2, 0.25) is 0 Å². The molecule has 0 aliphatic heterocycles. The van der Waals surface area contributed by atoms with Crippen molar-refractivity contribution in [3.8, 4) is 0 Å². The highest BCUT2D eigenvalue weighted by Gasteiger charge is 2.04. The summed E-state index contributed by atoms with van der Waals surface area (Å²) in [6.45, 7) is 5.63. The van der Waals surface area contributed by atoms with Gasteiger partial charge in [-0.05, 0) is 25.8 Å². The summed E-state index contributed by atoms with van der Waals surface area (Å²) in [6, 6.07) is 7.75. The molecule has 1 aromatic carbocycles. The quantitative estimate of drug-likeness (QED) is 0.392. The van der Waals surface area contributed by atoms with Crippen LogP contribution in [-0.4, -0.2) is 5.78 Å². The molecule has 0 spiro atoms. The smallest absolute Gasteiger partial charge is 0.162 e. The predicted molar refractivity (Wildman–Crippen MR) is 59.6 cm³/mol. The van der Waals surface area contributed by atoms with E-state index in [1.165, 1.54) is 0 Å². The normalized spacial score (nSPS) is 9.79. The highest BCUT2D eigenvalue weighted by molar-refractivity contribution is 5.96. The summed E-state index contributed by atoms with van der Waals surface area (Å²) < 4.78 is 0. The molecule has 0 saturated heterocycles. The molecule has 1 rings (SSSR count). The van der Waals surface area contributed by atoms with E-state index in [4.69, 9.17) is 0 Å². The lowest BCUT2D eigenvalue weighted by Gasteiger charge is -2.00. The Labute approximate surface area is 85.5 Å². The molecule has 1 nitrogen and oxygen atoms in total. The van der Waals surface area contributed by atoms with E-state index in [-0.39, 0.29) is 5.78 Å². The Morgan fingerprint density at radius 2 is 2.29 bits per heavy atom. The summed E-state index contributed by atoms with van der Waals surface area (Å²) in [5.41, 5.74) is 1.97. The summed E-state index contributed by atoms with van der Waals surface area (Å²) in [5, 5.41) is 0. The first-order chi connectivity index (χ1) is 6.74. The van der Waals surface area contributed by atoms with E-state index in [2.05, 4.69) is 6.58 Å². The third-order valence-electron chi connectivity index (χ3n) is 2.15. The largest absolute Gasteiger partial charge is 0.294 e. The second kappa shape index (κ2) is 5.38. The Balaban J connectivity index is 2.56. The highest BCUT2D eigenvalue weighted by Crippen LogP contribution is 2.09. The van der Waals surface area contributed by atoms with Crippen LogP contribution < -0.4 is 0 Å². The fourth-order valence-corrected chi connectivity index (χ4v) is 1.37. The molecular formula is C13H16O. The number of aryl methyl sites for hydroxylation is 1. The zero-order valence-electron chi connectivity index (χ0n) is 8.62. The van der Waals surface area contributed by atoms with Crippen molar-refractivity contribution in [3.63, 3.8) is 0 Å². The number of hydrogen-bond donors (Lipinski definition) is 0. The molecule has 0 atom stereocenters. The second-order valence-corrected chi connectivity index (χ2v) is 3.47. The molecule has 0 aliphatic carbocycles. The van der Waals surface area contributed by atoms with Gasteiger partial charge in [-0.15, -0.1) is 6.58 Å². The number of rotatable bonds is 5. The van der Waals surface area contributed by atoms with Gasteiger partial charge in [-0.25, -0.2) is 0 Å². The number of benzene rings is 1. The number of ketones is 1. The third-order valence-corrected chi connectivity index (χ3v) is 2.15. The monoisotopic (exact) mass is 188 g/mol. The first-order valence-corrected chi connectivity index (χ1v) is 4.95. The van der Waals surface area contributed by atoms with Crippen LogP contribution in [0.3, 0.4) is 0 Å². The lowest BCUT2D eigenvalue weighted by atomic mass is 10.0. The number of hydrogen-bond acceptors (Lipinski definition) is 1. The van der Waals surface area contributed by atoms with Gasteiger partial charge >= 0.3 is 0 Å². The van der Waals surface area contributed by atoms with Crippen LogP contribution in [0.1, 0.15) is 35.2 Å². The minimum atomic E-state index is 0.232. The maximum atomic E-state index is 11.6. The maximum absolute atomic E-state index is 11.6. The molecule has 0 saturated carbocycles. The third kappa shape index (κ3) is 3.17. The molecule has 0 fully saturated rings. The first-order valence-electron chi connectivity index (χ1n) is 4.95. The van der Waals surface area contributed by atoms with Crippen LogP contribution in [0, 0.1) is 6.92 Å². The van der Waals surface area contributed by atoms with E-state index >= 15 is 0 Å². The van der Waals surface area contributed by atoms with Gasteiger partial charge in [-0.3, -0.25) is 4.79 Å². The van der Waals surface area contributed by atoms with E-state index in [0.29, 0.717) is 6.42 Å². The van der Waals surface area contributed by atoms with Gasteiger partial charge in [0.15, 0.2) is 5.78 Å². The Kier molecular flexibility index (Phi) is 4.11. The Morgan fingerprint density at radius 1 is 1.50 bits per heavy atom. The number of allylic oxidation sites excluding steroid dienone is 1. The van der Waals surface area contributed by atoms with Crippen LogP contribution in [0.2, 0.25) is 0 Å². The van der Waals surface area contributed by atoms with Crippen LogP contribution in [0.4, 0.5) is 0 Å². The van der Waals surface area contributed by atoms with Gasteiger partial charge in [0, 0.05) is 12.0 Å². The predicted octanol–water partition coefficient (Wildman–Crippen LogP) is 3.53. The number of carbonyl (C=O) groups is 1. The molecule has 1 aromatic rings. The fraction of sp³-hybridized carbons (Fsp3) is 0.308. The summed E-state index contributed by atoms with van der Waals surface area (Å²) >= 11 is 0. The van der Waals surface area contributed by atoms with Gasteiger partial charge < -0.3 is 0 Å². The first kappa shape index (κ1) is 10.7. The van der Waals surface area contributed by atoms with Crippen LogP contribution in [-0.2, 0) is 0 Å². The van der Waals surface area contributed by atoms with Crippen LogP contribution >= 0.6 is 0 Å². The molecule has 0 heterocycles. The van der Waals surface area contributed by atoms with Crippen molar-refractivity contribution in [1.29, 1.82) is 0 Å². The van der Waals surface area contributed by atoms with Gasteiger partial charge in [0.25, 0.3) is 0 Å². The van der Waals surface area contributed by atoms with Crippen LogP contribution in [0.15, 0.2) is 36.9 Å². The summed E-state index contributed by atoms with van der Waals surface area (Å²) in [6.07, 6.45) is 4.28. The maximum Gasteiger partial charge on any atom is 0.162 e. The summed E-state index contributed by atoms with van der Waals surface area (Å²) in [5.74, 6) is 0.232. The van der Waals surface area contributed by atoms with Gasteiger partial charge in [-0.1, -0.05) is 29.8 Å². The lowest BCUT2D eigenvalue weighted by Crippen LogP contribution is -1.98. The van der Waals surface area contributed by atoms with Crippen LogP contribution in [0.5, 0.6) is 0 Å². The highest BCUT2D eigenvalue weighted by atomic mass is 16.1. The average molecular weight is 188 g/mol. The molecule has 0 radical (unpaired) electrons. The molecule has 0 bridgehead atoms. The van der Waals surface area contributed by atoms with Crippen molar-refractivity contribution in [2.24, 2.45) is 0 Å². The van der Waals surface area contributed by atoms with Gasteiger partial charge in [0.1, 0.15) is 0 Å². The number of Topliss-reactive ketones (excluding diaryl/α,β-unsaturated/α-hetero) is 1. The zero-order valence-corrected chi connectivity index (χ0v) is 8.62. The second-order valence-electron chi connectivity index (χ2n) is 3.47. The minimum absolute atomic E-state index is 0.232. The lowest BCUT2D eigenvalue weighted by molar-refractivity contribution is 0.0980. The summed E-state index contributed by atoms with van der Waals surface area (Å²) in [4.78, 5) is 11.6. The topological polar surface area (TPSA) is 17.1 Å². The van der Waals surface area contributed by atoms with Gasteiger partial charge in [0.05, 0.1) is 0 Å². The molecule has 1 heteroatoms. The average Bonchev–Trinajstić information content (AvgIpc) is 2.18. The van der Waals surface area contributed by atoms with Crippen molar-refractivity contribution in [2.75, 3.05) is 0 Å². The van der Waals surface area contributed by atoms with E-state index < -0.39 is 0 Å². The molecule has 0 unspecified atom stereocenters. The minimum Gasteiger partial charge on any atom is -0.294 e. The van der Waals surface area contributed by atoms with E-state index in [1.54, 1.807) is 0 Å². The summed E-state index contributed by atoms with van der Waals surface area (Å²) in [7, 11) is 0. The van der Waals surface area contributed by atoms with E-state index in [9.17, 15) is 4.79 Å². The van der Waals surface area contributed by atoms with Crippen molar-refractivity contribution in [3.05, 3.63) is 48.0 Å². The van der Waals surface area contributed by atoms with Crippen molar-refractivity contribution in [2.45, 2.75) is 26.2 Å². The molecule has 0 N–H and O–H groups in total. The zero-order chi connectivity index (χ0) is 10.4. The van der Waals surface area contributed by atoms with Crippen molar-refractivity contribution >= 4 is 5.78 Å². The number of unbranched alkanes of at least 4 members (excludes halogenated alkanes) is 1. The molecule has 0 amide bonds. The number of carbonyl (C=O) groups excluding carboxylic acids is 1. The molecule has 14 heavy (non-hydrogen) atoms. The Morgan fingerprint density at radius 3 is 2.93 bits per heavy atom. The Hall–Kier alpha value is -1.37. The molecule has 0 aromatic heterocycles. The van der Waals surface area contributed by atoms with Gasteiger partial charge in [-0.2, -0.15) is 0 Å². The molecule has 74 valence electrons. The van der Waals surface area contributed by atoms with Crippen LogP contribution in [0.25, 0.3) is 0 Å². The fourth-order valence-electron chi connectivity index (χ4n) is 1.37. The van der Waals surface area contributed by atoms with E-state index in [0.717, 1.165) is 24.0 Å². The standard InChI is InChI=1S/C13H16O/c1-3-4-5-9-13(14)12-8-6-7-11(2)10-12/h3,6-8,10H,1,4-5,9H2,2H3. The Bertz CT molecular complexity index is 326. The van der Waals surface area contributed by atoms with Crippen molar-refractivity contribution in [1.82, 2.24) is 0 Å². The van der Waals surface area contributed by atoms with E-state index in [1.807, 2.05) is 37.3 Å². The molecular weight excluding hydrogens is 172 g/mol. The SMILES string of the molecule is C=CCCCC(=O)c1cccc(C)c1.